The molecule has 138 valence electrons. The van der Waals surface area contributed by atoms with Crippen LogP contribution in [0.5, 0.6) is 0 Å². The number of rotatable bonds is 5. The average Bonchev–Trinajstić information content (AvgIpc) is 3.03. The minimum atomic E-state index is 0. The number of hydrogen-bond acceptors (Lipinski definition) is 5. The van der Waals surface area contributed by atoms with E-state index in [-0.39, 0.29) is 6.15 Å². The third kappa shape index (κ3) is 4.32. The molecule has 0 aliphatic rings. The van der Waals surface area contributed by atoms with Crippen LogP contribution in [0.4, 0.5) is 11.6 Å². The molecule has 0 aliphatic heterocycles. The average molecular weight is 425 g/mol. The Morgan fingerprint density at radius 1 is 1.07 bits per heavy atom. The smallest absolute Gasteiger partial charge is 0.227 e. The fraction of sp³-hybridized carbons (Fsp3) is 0.150. The molecule has 4 rings (SSSR count). The molecule has 4 N–H and O–H groups in total. The van der Waals surface area contributed by atoms with E-state index in [4.69, 9.17) is 0 Å². The Balaban J connectivity index is 0.00000210. The summed E-state index contributed by atoms with van der Waals surface area (Å²) in [6.07, 6.45) is 7.31. The third-order valence-electron chi connectivity index (χ3n) is 4.30. The molecule has 0 amide bonds. The number of benzene rings is 1. The van der Waals surface area contributed by atoms with Gasteiger partial charge in [-0.1, -0.05) is 6.07 Å². The van der Waals surface area contributed by atoms with Crippen LogP contribution in [0.2, 0.25) is 0 Å². The minimum absolute atomic E-state index is 0. The highest BCUT2D eigenvalue weighted by Gasteiger charge is 2.07. The molecule has 0 radical (unpaired) electrons. The number of nitrogens with one attached hydrogen (secondary N) is 1. The quantitative estimate of drug-likeness (QED) is 0.479. The molecule has 0 unspecified atom stereocenters. The second-order valence-electron chi connectivity index (χ2n) is 6.13. The molecule has 0 saturated carbocycles. The van der Waals surface area contributed by atoms with Crippen molar-refractivity contribution < 1.29 is 0 Å². The fourth-order valence-electron chi connectivity index (χ4n) is 2.92. The number of hydrogen-bond donors (Lipinski definition) is 2. The summed E-state index contributed by atoms with van der Waals surface area (Å²) < 4.78 is 3.02. The second kappa shape index (κ2) is 8.28. The van der Waals surface area contributed by atoms with E-state index in [2.05, 4.69) is 65.2 Å². The van der Waals surface area contributed by atoms with Crippen molar-refractivity contribution in [2.24, 2.45) is 7.05 Å². The number of aromatic nitrogens is 4. The van der Waals surface area contributed by atoms with Gasteiger partial charge in [0.05, 0.1) is 10.2 Å². The van der Waals surface area contributed by atoms with Gasteiger partial charge in [-0.3, -0.25) is 4.98 Å². The summed E-state index contributed by atoms with van der Waals surface area (Å²) in [4.78, 5) is 13.4. The van der Waals surface area contributed by atoms with E-state index in [0.717, 1.165) is 34.4 Å². The second-order valence-corrected chi connectivity index (χ2v) is 6.99. The molecular weight excluding hydrogens is 404 g/mol. The maximum atomic E-state index is 4.67. The zero-order valence-corrected chi connectivity index (χ0v) is 16.6. The van der Waals surface area contributed by atoms with Gasteiger partial charge in [-0.15, -0.1) is 0 Å². The van der Waals surface area contributed by atoms with Gasteiger partial charge >= 0.3 is 0 Å². The van der Waals surface area contributed by atoms with Crippen molar-refractivity contribution in [1.29, 1.82) is 0 Å². The highest BCUT2D eigenvalue weighted by Crippen LogP contribution is 2.23. The van der Waals surface area contributed by atoms with E-state index in [1.165, 1.54) is 10.9 Å². The Hall–Kier alpha value is -2.77. The Kier molecular flexibility index (Phi) is 5.83. The van der Waals surface area contributed by atoms with E-state index in [1.54, 1.807) is 6.20 Å². The number of pyridine rings is 1. The summed E-state index contributed by atoms with van der Waals surface area (Å²) in [5.74, 6) is 0.597. The van der Waals surface area contributed by atoms with E-state index >= 15 is 0 Å². The van der Waals surface area contributed by atoms with Crippen LogP contribution in [-0.4, -0.2) is 19.5 Å². The Morgan fingerprint density at radius 2 is 1.96 bits per heavy atom. The number of aryl methyl sites for hydroxylation is 3. The number of anilines is 2. The minimum Gasteiger partial charge on any atom is -0.351 e. The highest BCUT2D eigenvalue weighted by atomic mass is 79.9. The van der Waals surface area contributed by atoms with Gasteiger partial charge in [-0.05, 0) is 65.2 Å². The third-order valence-corrected chi connectivity index (χ3v) is 4.96. The van der Waals surface area contributed by atoms with Gasteiger partial charge in [0, 0.05) is 47.9 Å². The van der Waals surface area contributed by atoms with Gasteiger partial charge in [-0.2, -0.15) is 0 Å². The lowest BCUT2D eigenvalue weighted by atomic mass is 10.2. The van der Waals surface area contributed by atoms with E-state index in [1.807, 2.05) is 37.5 Å². The summed E-state index contributed by atoms with van der Waals surface area (Å²) in [5.41, 5.74) is 4.20. The van der Waals surface area contributed by atoms with Gasteiger partial charge < -0.3 is 16.0 Å². The van der Waals surface area contributed by atoms with Crippen LogP contribution in [0.1, 0.15) is 11.4 Å². The maximum Gasteiger partial charge on any atom is 0.227 e. The number of nitrogens with zero attached hydrogens (tertiary/aromatic N) is 4. The lowest BCUT2D eigenvalue weighted by molar-refractivity contribution is 0.867. The Morgan fingerprint density at radius 3 is 2.78 bits per heavy atom. The molecule has 0 atom stereocenters. The van der Waals surface area contributed by atoms with Crippen molar-refractivity contribution in [2.75, 3.05) is 5.32 Å². The van der Waals surface area contributed by atoms with Crippen LogP contribution >= 0.6 is 15.9 Å². The Bertz CT molecular complexity index is 1040. The van der Waals surface area contributed by atoms with Crippen molar-refractivity contribution in [3.63, 3.8) is 0 Å². The first-order valence-corrected chi connectivity index (χ1v) is 9.22. The molecule has 0 spiro atoms. The predicted molar refractivity (Wildman–Crippen MR) is 113 cm³/mol. The van der Waals surface area contributed by atoms with Crippen molar-refractivity contribution in [3.8, 4) is 0 Å². The summed E-state index contributed by atoms with van der Waals surface area (Å²) in [6.45, 7) is 0. The maximum absolute atomic E-state index is 4.67. The van der Waals surface area contributed by atoms with E-state index in [9.17, 15) is 0 Å². The van der Waals surface area contributed by atoms with Gasteiger partial charge in [0.1, 0.15) is 0 Å². The van der Waals surface area contributed by atoms with Crippen molar-refractivity contribution in [3.05, 3.63) is 76.9 Å². The SMILES string of the molecule is Cn1ccc2cc(Nc3ncc(Br)c(CCc4ccccn4)n3)ccc21.N. The van der Waals surface area contributed by atoms with Crippen LogP contribution < -0.4 is 11.5 Å². The molecule has 0 fully saturated rings. The van der Waals surface area contributed by atoms with Crippen molar-refractivity contribution in [2.45, 2.75) is 12.8 Å². The molecule has 4 aromatic rings. The zero-order chi connectivity index (χ0) is 17.9. The van der Waals surface area contributed by atoms with E-state index < -0.39 is 0 Å². The summed E-state index contributed by atoms with van der Waals surface area (Å²) >= 11 is 3.55. The highest BCUT2D eigenvalue weighted by molar-refractivity contribution is 9.10. The summed E-state index contributed by atoms with van der Waals surface area (Å²) in [7, 11) is 2.04. The predicted octanol–water partition coefficient (Wildman–Crippen LogP) is 4.82. The van der Waals surface area contributed by atoms with Gasteiger partial charge in [0.25, 0.3) is 0 Å². The lowest BCUT2D eigenvalue weighted by Crippen LogP contribution is -2.03. The van der Waals surface area contributed by atoms with Gasteiger partial charge in [-0.25, -0.2) is 9.97 Å². The number of halogens is 1. The molecule has 0 saturated heterocycles. The standard InChI is InChI=1S/C20H18BrN5.H3N/c1-26-11-9-14-12-16(6-8-19(14)26)24-20-23-13-17(21)18(25-20)7-5-15-4-2-3-10-22-15;/h2-4,6,8-13H,5,7H2,1H3,(H,23,24,25);1H3. The Labute approximate surface area is 166 Å². The molecule has 3 heterocycles. The van der Waals surface area contributed by atoms with E-state index in [0.29, 0.717) is 5.95 Å². The molecule has 27 heavy (non-hydrogen) atoms. The van der Waals surface area contributed by atoms with Crippen LogP contribution in [0.3, 0.4) is 0 Å². The molecule has 1 aromatic carbocycles. The van der Waals surface area contributed by atoms with Gasteiger partial charge in [0.15, 0.2) is 0 Å². The molecule has 6 nitrogen and oxygen atoms in total. The molecule has 3 aromatic heterocycles. The van der Waals surface area contributed by atoms with Crippen molar-refractivity contribution in [1.82, 2.24) is 25.7 Å². The first kappa shape index (κ1) is 19.0. The molecule has 7 heteroatoms. The topological polar surface area (TPSA) is 90.6 Å². The molecule has 0 aliphatic carbocycles. The first-order valence-electron chi connectivity index (χ1n) is 8.42. The largest absolute Gasteiger partial charge is 0.351 e. The number of fused-ring (bicyclic) bond motifs is 1. The fourth-order valence-corrected chi connectivity index (χ4v) is 3.31. The lowest BCUT2D eigenvalue weighted by Gasteiger charge is -2.09. The molecular formula is C20H21BrN6. The zero-order valence-electron chi connectivity index (χ0n) is 15.1. The first-order chi connectivity index (χ1) is 12.7. The van der Waals surface area contributed by atoms with Crippen LogP contribution in [0.25, 0.3) is 10.9 Å². The van der Waals surface area contributed by atoms with Crippen LogP contribution in [-0.2, 0) is 19.9 Å². The van der Waals surface area contributed by atoms with Crippen LogP contribution in [0.15, 0.2) is 65.5 Å². The monoisotopic (exact) mass is 424 g/mol. The van der Waals surface area contributed by atoms with Gasteiger partial charge in [0.2, 0.25) is 5.95 Å². The summed E-state index contributed by atoms with van der Waals surface area (Å²) in [6, 6.07) is 14.3. The summed E-state index contributed by atoms with van der Waals surface area (Å²) in [5, 5.41) is 4.49. The van der Waals surface area contributed by atoms with Crippen molar-refractivity contribution >= 4 is 38.5 Å². The van der Waals surface area contributed by atoms with Crippen LogP contribution in [0, 0.1) is 0 Å². The normalized spacial score (nSPS) is 10.6. The molecule has 0 bridgehead atoms.